The standard InChI is InChI=1S/C7H5BrFN3S/c8-3-1-4(9)6-5(2-3)13-7(11-6)12-10/h1-2H,10H2,(H,11,12). The Kier molecular flexibility index (Phi) is 2.19. The largest absolute Gasteiger partial charge is 0.300 e. The third-order valence-electron chi connectivity index (χ3n) is 1.54. The molecule has 68 valence electrons. The Morgan fingerprint density at radius 2 is 2.31 bits per heavy atom. The van der Waals surface area contributed by atoms with Crippen LogP contribution in [0.3, 0.4) is 0 Å². The first-order valence-electron chi connectivity index (χ1n) is 3.43. The molecule has 2 rings (SSSR count). The van der Waals surface area contributed by atoms with E-state index in [0.717, 1.165) is 4.70 Å². The summed E-state index contributed by atoms with van der Waals surface area (Å²) in [7, 11) is 0. The van der Waals surface area contributed by atoms with Gasteiger partial charge in [-0.3, -0.25) is 5.43 Å². The van der Waals surface area contributed by atoms with Crippen molar-refractivity contribution in [2.45, 2.75) is 0 Å². The fraction of sp³-hybridized carbons (Fsp3) is 0. The van der Waals surface area contributed by atoms with Gasteiger partial charge in [0.25, 0.3) is 0 Å². The average molecular weight is 262 g/mol. The minimum atomic E-state index is -0.345. The van der Waals surface area contributed by atoms with Gasteiger partial charge in [-0.15, -0.1) is 0 Å². The highest BCUT2D eigenvalue weighted by Gasteiger charge is 2.08. The third-order valence-corrected chi connectivity index (χ3v) is 2.93. The maximum atomic E-state index is 13.2. The van der Waals surface area contributed by atoms with Crippen molar-refractivity contribution in [3.05, 3.63) is 22.4 Å². The van der Waals surface area contributed by atoms with E-state index in [9.17, 15) is 4.39 Å². The zero-order chi connectivity index (χ0) is 9.42. The van der Waals surface area contributed by atoms with Crippen LogP contribution in [0.25, 0.3) is 10.2 Å². The molecule has 0 aliphatic rings. The van der Waals surface area contributed by atoms with Crippen LogP contribution in [-0.4, -0.2) is 4.98 Å². The van der Waals surface area contributed by atoms with Crippen molar-refractivity contribution in [3.63, 3.8) is 0 Å². The number of nitrogens with zero attached hydrogens (tertiary/aromatic N) is 1. The van der Waals surface area contributed by atoms with E-state index in [2.05, 4.69) is 26.3 Å². The number of hydrogen-bond acceptors (Lipinski definition) is 4. The van der Waals surface area contributed by atoms with Crippen molar-refractivity contribution in [1.82, 2.24) is 4.98 Å². The molecular formula is C7H5BrFN3S. The number of benzene rings is 1. The van der Waals surface area contributed by atoms with Gasteiger partial charge in [0, 0.05) is 4.47 Å². The quantitative estimate of drug-likeness (QED) is 0.613. The van der Waals surface area contributed by atoms with Crippen LogP contribution >= 0.6 is 27.3 Å². The fourth-order valence-corrected chi connectivity index (χ4v) is 2.43. The number of halogens is 2. The molecule has 0 atom stereocenters. The number of fused-ring (bicyclic) bond motifs is 1. The molecule has 0 radical (unpaired) electrons. The van der Waals surface area contributed by atoms with Crippen molar-refractivity contribution in [1.29, 1.82) is 0 Å². The SMILES string of the molecule is NNc1nc2c(F)cc(Br)cc2s1. The predicted octanol–water partition coefficient (Wildman–Crippen LogP) is 2.48. The van der Waals surface area contributed by atoms with E-state index in [1.807, 2.05) is 0 Å². The molecule has 1 aromatic heterocycles. The highest BCUT2D eigenvalue weighted by molar-refractivity contribution is 9.10. The first kappa shape index (κ1) is 8.86. The Labute approximate surface area is 85.9 Å². The molecule has 1 aromatic carbocycles. The van der Waals surface area contributed by atoms with Crippen molar-refractivity contribution in [2.75, 3.05) is 5.43 Å². The van der Waals surface area contributed by atoms with Gasteiger partial charge in [-0.05, 0) is 12.1 Å². The molecular weight excluding hydrogens is 257 g/mol. The number of anilines is 1. The van der Waals surface area contributed by atoms with Crippen LogP contribution < -0.4 is 11.3 Å². The second-order valence-corrected chi connectivity index (χ2v) is 4.34. The van der Waals surface area contributed by atoms with Crippen LogP contribution in [0, 0.1) is 5.82 Å². The van der Waals surface area contributed by atoms with E-state index in [1.54, 1.807) is 6.07 Å². The summed E-state index contributed by atoms with van der Waals surface area (Å²) >= 11 is 4.51. The van der Waals surface area contributed by atoms with Gasteiger partial charge in [0.2, 0.25) is 0 Å². The lowest BCUT2D eigenvalue weighted by Gasteiger charge is -1.91. The van der Waals surface area contributed by atoms with E-state index in [-0.39, 0.29) is 5.82 Å². The summed E-state index contributed by atoms with van der Waals surface area (Å²) in [6.07, 6.45) is 0. The Morgan fingerprint density at radius 1 is 1.54 bits per heavy atom. The summed E-state index contributed by atoms with van der Waals surface area (Å²) in [6, 6.07) is 3.18. The smallest absolute Gasteiger partial charge is 0.198 e. The Balaban J connectivity index is 2.75. The molecule has 13 heavy (non-hydrogen) atoms. The topological polar surface area (TPSA) is 50.9 Å². The number of nitrogens with two attached hydrogens (primary N) is 1. The molecule has 0 saturated heterocycles. The van der Waals surface area contributed by atoms with Gasteiger partial charge in [-0.1, -0.05) is 27.3 Å². The van der Waals surface area contributed by atoms with Crippen LogP contribution in [0.1, 0.15) is 0 Å². The van der Waals surface area contributed by atoms with Gasteiger partial charge in [0.15, 0.2) is 10.9 Å². The molecule has 0 aliphatic heterocycles. The molecule has 3 nitrogen and oxygen atoms in total. The molecule has 0 bridgehead atoms. The minimum absolute atomic E-state index is 0.345. The summed E-state index contributed by atoms with van der Waals surface area (Å²) in [5.41, 5.74) is 2.74. The summed E-state index contributed by atoms with van der Waals surface area (Å²) in [6.45, 7) is 0. The Hall–Kier alpha value is -0.720. The molecule has 6 heteroatoms. The number of hydrogen-bond donors (Lipinski definition) is 2. The van der Waals surface area contributed by atoms with E-state index >= 15 is 0 Å². The number of thiazole rings is 1. The van der Waals surface area contributed by atoms with Gasteiger partial charge in [0.1, 0.15) is 5.52 Å². The number of aromatic nitrogens is 1. The van der Waals surface area contributed by atoms with Crippen LogP contribution in [0.15, 0.2) is 16.6 Å². The minimum Gasteiger partial charge on any atom is -0.300 e. The zero-order valence-electron chi connectivity index (χ0n) is 6.34. The van der Waals surface area contributed by atoms with Crippen molar-refractivity contribution in [2.24, 2.45) is 5.84 Å². The van der Waals surface area contributed by atoms with Gasteiger partial charge in [0.05, 0.1) is 4.70 Å². The first-order chi connectivity index (χ1) is 6.20. The molecule has 3 N–H and O–H groups in total. The molecule has 1 heterocycles. The van der Waals surface area contributed by atoms with Crippen molar-refractivity contribution >= 4 is 42.6 Å². The van der Waals surface area contributed by atoms with Crippen LogP contribution in [-0.2, 0) is 0 Å². The molecule has 0 aliphatic carbocycles. The van der Waals surface area contributed by atoms with Crippen LogP contribution in [0.4, 0.5) is 9.52 Å². The summed E-state index contributed by atoms with van der Waals surface area (Å²) in [5.74, 6) is 4.82. The highest BCUT2D eigenvalue weighted by atomic mass is 79.9. The van der Waals surface area contributed by atoms with E-state index in [0.29, 0.717) is 15.1 Å². The van der Waals surface area contributed by atoms with Crippen molar-refractivity contribution < 1.29 is 4.39 Å². The van der Waals surface area contributed by atoms with Gasteiger partial charge >= 0.3 is 0 Å². The molecule has 0 amide bonds. The lowest BCUT2D eigenvalue weighted by Crippen LogP contribution is -2.05. The van der Waals surface area contributed by atoms with E-state index in [4.69, 9.17) is 5.84 Å². The molecule has 0 unspecified atom stereocenters. The normalized spacial score (nSPS) is 10.7. The van der Waals surface area contributed by atoms with Crippen LogP contribution in [0.2, 0.25) is 0 Å². The van der Waals surface area contributed by atoms with Gasteiger partial charge in [-0.25, -0.2) is 15.2 Å². The van der Waals surface area contributed by atoms with E-state index in [1.165, 1.54) is 17.4 Å². The zero-order valence-corrected chi connectivity index (χ0v) is 8.75. The molecule has 0 fully saturated rings. The monoisotopic (exact) mass is 261 g/mol. The number of nitrogen functional groups attached to an aromatic ring is 1. The number of nitrogens with one attached hydrogen (secondary N) is 1. The highest BCUT2D eigenvalue weighted by Crippen LogP contribution is 2.29. The first-order valence-corrected chi connectivity index (χ1v) is 5.04. The Bertz CT molecular complexity index is 456. The average Bonchev–Trinajstić information content (AvgIpc) is 2.47. The van der Waals surface area contributed by atoms with Crippen molar-refractivity contribution in [3.8, 4) is 0 Å². The second-order valence-electron chi connectivity index (χ2n) is 2.40. The lowest BCUT2D eigenvalue weighted by molar-refractivity contribution is 0.636. The number of hydrazine groups is 1. The third kappa shape index (κ3) is 1.52. The summed E-state index contributed by atoms with van der Waals surface area (Å²) in [4.78, 5) is 3.96. The molecule has 0 spiro atoms. The van der Waals surface area contributed by atoms with E-state index < -0.39 is 0 Å². The summed E-state index contributed by atoms with van der Waals surface area (Å²) < 4.78 is 14.7. The number of rotatable bonds is 1. The lowest BCUT2D eigenvalue weighted by atomic mass is 10.3. The molecule has 2 aromatic rings. The van der Waals surface area contributed by atoms with Gasteiger partial charge < -0.3 is 0 Å². The maximum Gasteiger partial charge on any atom is 0.198 e. The Morgan fingerprint density at radius 3 is 3.00 bits per heavy atom. The fourth-order valence-electron chi connectivity index (χ4n) is 1.02. The maximum absolute atomic E-state index is 13.2. The summed E-state index contributed by atoms with van der Waals surface area (Å²) in [5, 5.41) is 0.506. The molecule has 0 saturated carbocycles. The predicted molar refractivity (Wildman–Crippen MR) is 55.1 cm³/mol. The van der Waals surface area contributed by atoms with Gasteiger partial charge in [-0.2, -0.15) is 0 Å². The second kappa shape index (κ2) is 3.21. The van der Waals surface area contributed by atoms with Crippen LogP contribution in [0.5, 0.6) is 0 Å².